The first kappa shape index (κ1) is 15.6. The fraction of sp³-hybridized carbons (Fsp3) is 0.143. The van der Waals surface area contributed by atoms with Gasteiger partial charge in [0, 0.05) is 0 Å². The highest BCUT2D eigenvalue weighted by atomic mass is 35.5. The second-order valence-corrected chi connectivity index (χ2v) is 5.14. The molecule has 1 amide bonds. The Morgan fingerprint density at radius 1 is 1.22 bits per heavy atom. The van der Waals surface area contributed by atoms with E-state index in [0.717, 1.165) is 11.0 Å². The lowest BCUT2D eigenvalue weighted by molar-refractivity contribution is -0.141. The summed E-state index contributed by atoms with van der Waals surface area (Å²) in [5.41, 5.74) is -1.05. The van der Waals surface area contributed by atoms with Gasteiger partial charge in [-0.05, 0) is 24.3 Å². The van der Waals surface area contributed by atoms with Crippen molar-refractivity contribution in [2.75, 3.05) is 4.90 Å². The average molecular weight is 344 g/mol. The molecule has 5 nitrogen and oxygen atoms in total. The largest absolute Gasteiger partial charge is 0.433 e. The first-order valence-electron chi connectivity index (χ1n) is 6.40. The second-order valence-electron chi connectivity index (χ2n) is 4.73. The van der Waals surface area contributed by atoms with Crippen LogP contribution >= 0.6 is 11.6 Å². The maximum Gasteiger partial charge on any atom is 0.433 e. The van der Waals surface area contributed by atoms with E-state index in [0.29, 0.717) is 6.07 Å². The summed E-state index contributed by atoms with van der Waals surface area (Å²) >= 11 is 6.04. The van der Waals surface area contributed by atoms with Gasteiger partial charge in [-0.2, -0.15) is 13.2 Å². The highest BCUT2D eigenvalue weighted by Crippen LogP contribution is 2.37. The van der Waals surface area contributed by atoms with Gasteiger partial charge in [-0.25, -0.2) is 4.98 Å². The third kappa shape index (κ3) is 2.71. The Bertz CT molecular complexity index is 782. The first-order chi connectivity index (χ1) is 10.8. The lowest BCUT2D eigenvalue weighted by atomic mass is 10.1. The quantitative estimate of drug-likeness (QED) is 0.835. The Labute approximate surface area is 133 Å². The smallest absolute Gasteiger partial charge is 0.356 e. The van der Waals surface area contributed by atoms with E-state index in [1.807, 2.05) is 0 Å². The summed E-state index contributed by atoms with van der Waals surface area (Å²) in [5.74, 6) is -1.04. The molecular weight excluding hydrogens is 335 g/mol. The van der Waals surface area contributed by atoms with Gasteiger partial charge in [-0.3, -0.25) is 9.69 Å². The number of hydrogen-bond acceptors (Lipinski definition) is 4. The number of benzene rings is 1. The van der Waals surface area contributed by atoms with Gasteiger partial charge in [0.2, 0.25) is 6.35 Å². The van der Waals surface area contributed by atoms with Gasteiger partial charge in [0.05, 0.1) is 16.3 Å². The molecule has 2 heterocycles. The molecule has 1 atom stereocenters. The van der Waals surface area contributed by atoms with Gasteiger partial charge in [0.25, 0.3) is 5.91 Å². The minimum atomic E-state index is -4.68. The zero-order valence-corrected chi connectivity index (χ0v) is 12.1. The molecule has 3 rings (SSSR count). The minimum Gasteiger partial charge on any atom is -0.356 e. The summed E-state index contributed by atoms with van der Waals surface area (Å²) in [4.78, 5) is 16.4. The summed E-state index contributed by atoms with van der Waals surface area (Å²) < 4.78 is 38.7. The first-order valence-corrected chi connectivity index (χ1v) is 6.78. The molecule has 2 aromatic rings. The van der Waals surface area contributed by atoms with Crippen molar-refractivity contribution in [3.8, 4) is 0 Å². The standard InChI is InChI=1S/C14H9ClF3N3O2/c15-8-3-1-2-4-9(8)21-11-7(12(22)20-13(21)23)5-6-10(19-11)14(16,17)18/h1-6,13,23H,(H,20,22). The van der Waals surface area contributed by atoms with E-state index in [1.54, 1.807) is 12.1 Å². The molecule has 2 N–H and O–H groups in total. The fourth-order valence-electron chi connectivity index (χ4n) is 2.24. The number of para-hydroxylation sites is 1. The molecule has 1 aromatic heterocycles. The van der Waals surface area contributed by atoms with E-state index < -0.39 is 24.1 Å². The molecule has 23 heavy (non-hydrogen) atoms. The van der Waals surface area contributed by atoms with Gasteiger partial charge < -0.3 is 10.4 Å². The van der Waals surface area contributed by atoms with Crippen LogP contribution in [0.5, 0.6) is 0 Å². The Hall–Kier alpha value is -2.32. The third-order valence-electron chi connectivity index (χ3n) is 3.26. The van der Waals surface area contributed by atoms with Crippen LogP contribution in [0.15, 0.2) is 36.4 Å². The normalized spacial score (nSPS) is 17.7. The number of halogens is 4. The molecule has 0 aliphatic carbocycles. The number of aromatic nitrogens is 1. The second kappa shape index (κ2) is 5.39. The number of hydrogen-bond donors (Lipinski definition) is 2. The van der Waals surface area contributed by atoms with Gasteiger partial charge in [0.15, 0.2) is 0 Å². The van der Waals surface area contributed by atoms with Gasteiger partial charge >= 0.3 is 6.18 Å². The predicted molar refractivity (Wildman–Crippen MR) is 76.3 cm³/mol. The molecule has 9 heteroatoms. The molecule has 120 valence electrons. The van der Waals surface area contributed by atoms with Crippen molar-refractivity contribution in [3.05, 3.63) is 52.7 Å². The maximum absolute atomic E-state index is 12.9. The average Bonchev–Trinajstić information content (AvgIpc) is 2.47. The van der Waals surface area contributed by atoms with E-state index in [2.05, 4.69) is 10.3 Å². The predicted octanol–water partition coefficient (Wildman–Crippen LogP) is 2.91. The Morgan fingerprint density at radius 2 is 1.91 bits per heavy atom. The number of nitrogens with one attached hydrogen (secondary N) is 1. The number of aliphatic hydroxyl groups is 1. The lowest BCUT2D eigenvalue weighted by Crippen LogP contribution is -2.51. The summed E-state index contributed by atoms with van der Waals surface area (Å²) in [7, 11) is 0. The molecule has 0 saturated heterocycles. The van der Waals surface area contributed by atoms with Crippen LogP contribution in [-0.4, -0.2) is 22.3 Å². The van der Waals surface area contributed by atoms with Crippen molar-refractivity contribution in [1.29, 1.82) is 0 Å². The van der Waals surface area contributed by atoms with Crippen molar-refractivity contribution >= 4 is 29.0 Å². The number of aliphatic hydroxyl groups excluding tert-OH is 1. The number of nitrogens with zero attached hydrogens (tertiary/aromatic N) is 2. The van der Waals surface area contributed by atoms with E-state index >= 15 is 0 Å². The molecule has 0 saturated carbocycles. The fourth-order valence-corrected chi connectivity index (χ4v) is 2.46. The van der Waals surface area contributed by atoms with Crippen LogP contribution in [0.3, 0.4) is 0 Å². The minimum absolute atomic E-state index is 0.0942. The topological polar surface area (TPSA) is 65.5 Å². The maximum atomic E-state index is 12.9. The third-order valence-corrected chi connectivity index (χ3v) is 3.57. The number of rotatable bonds is 1. The van der Waals surface area contributed by atoms with Crippen LogP contribution in [0.4, 0.5) is 24.7 Å². The summed E-state index contributed by atoms with van der Waals surface area (Å²) in [6, 6.07) is 7.94. The van der Waals surface area contributed by atoms with Gasteiger partial charge in [0.1, 0.15) is 11.5 Å². The SMILES string of the molecule is O=C1NC(O)N(c2ccccc2Cl)c2nc(C(F)(F)F)ccc21. The molecule has 0 radical (unpaired) electrons. The van der Waals surface area contributed by atoms with E-state index in [9.17, 15) is 23.1 Å². The Balaban J connectivity index is 2.22. The highest BCUT2D eigenvalue weighted by molar-refractivity contribution is 6.33. The van der Waals surface area contributed by atoms with E-state index in [4.69, 9.17) is 11.6 Å². The van der Waals surface area contributed by atoms with Crippen LogP contribution in [0.1, 0.15) is 16.1 Å². The van der Waals surface area contributed by atoms with Crippen molar-refractivity contribution in [1.82, 2.24) is 10.3 Å². The van der Waals surface area contributed by atoms with Crippen LogP contribution in [0.2, 0.25) is 5.02 Å². The highest BCUT2D eigenvalue weighted by Gasteiger charge is 2.38. The van der Waals surface area contributed by atoms with Crippen LogP contribution in [-0.2, 0) is 6.18 Å². The summed E-state index contributed by atoms with van der Waals surface area (Å²) in [6.45, 7) is 0. The van der Waals surface area contributed by atoms with Gasteiger partial charge in [-0.15, -0.1) is 0 Å². The molecule has 1 aromatic carbocycles. The molecule has 0 fully saturated rings. The summed E-state index contributed by atoms with van der Waals surface area (Å²) in [6.07, 6.45) is -6.27. The van der Waals surface area contributed by atoms with Crippen molar-refractivity contribution in [3.63, 3.8) is 0 Å². The molecule has 1 unspecified atom stereocenters. The Kier molecular flexibility index (Phi) is 3.65. The molecule has 1 aliphatic heterocycles. The van der Waals surface area contributed by atoms with E-state index in [-0.39, 0.29) is 22.1 Å². The van der Waals surface area contributed by atoms with Gasteiger partial charge in [-0.1, -0.05) is 23.7 Å². The molecule has 1 aliphatic rings. The molecule has 0 spiro atoms. The number of carbonyl (C=O) groups excluding carboxylic acids is 1. The lowest BCUT2D eigenvalue weighted by Gasteiger charge is -2.35. The Morgan fingerprint density at radius 3 is 2.57 bits per heavy atom. The van der Waals surface area contributed by atoms with Crippen molar-refractivity contribution < 1.29 is 23.1 Å². The number of alkyl halides is 3. The number of carbonyl (C=O) groups is 1. The zero-order chi connectivity index (χ0) is 16.8. The zero-order valence-electron chi connectivity index (χ0n) is 11.3. The van der Waals surface area contributed by atoms with E-state index in [1.165, 1.54) is 12.1 Å². The number of amides is 1. The monoisotopic (exact) mass is 343 g/mol. The van der Waals surface area contributed by atoms with Crippen LogP contribution in [0, 0.1) is 0 Å². The number of fused-ring (bicyclic) bond motifs is 1. The van der Waals surface area contributed by atoms with Crippen LogP contribution in [0.25, 0.3) is 0 Å². The molecular formula is C14H9ClF3N3O2. The molecule has 0 bridgehead atoms. The van der Waals surface area contributed by atoms with Crippen molar-refractivity contribution in [2.24, 2.45) is 0 Å². The van der Waals surface area contributed by atoms with Crippen molar-refractivity contribution in [2.45, 2.75) is 12.5 Å². The number of anilines is 2. The van der Waals surface area contributed by atoms with Crippen LogP contribution < -0.4 is 10.2 Å². The number of pyridine rings is 1. The summed E-state index contributed by atoms with van der Waals surface area (Å²) in [5, 5.41) is 12.5.